The highest BCUT2D eigenvalue weighted by Crippen LogP contribution is 2.44. The van der Waals surface area contributed by atoms with Crippen molar-refractivity contribution in [3.8, 4) is 0 Å². The molecule has 3 unspecified atom stereocenters. The van der Waals surface area contributed by atoms with Crippen molar-refractivity contribution < 1.29 is 23.4 Å². The van der Waals surface area contributed by atoms with Crippen LogP contribution < -0.4 is 0 Å². The first kappa shape index (κ1) is 25.8. The summed E-state index contributed by atoms with van der Waals surface area (Å²) in [5.74, 6) is -1.34. The van der Waals surface area contributed by atoms with E-state index in [1.165, 1.54) is 12.5 Å². The quantitative estimate of drug-likeness (QED) is 0.313. The average Bonchev–Trinajstić information content (AvgIpc) is 3.25. The lowest BCUT2D eigenvalue weighted by atomic mass is 10.0. The van der Waals surface area contributed by atoms with Gasteiger partial charge in [0.2, 0.25) is 0 Å². The van der Waals surface area contributed by atoms with Crippen LogP contribution in [0, 0.1) is 0 Å². The smallest absolute Gasteiger partial charge is 0.337 e. The number of methoxy groups -OCH3 is 1. The standard InChI is InChI=1S/C27H38N2O5Si/c1-26(2,3)35(8,9)34-20(16-21-24(25(30)31-7)33-27(4,5)32-21)22-23-18(14-15-28-22)17-12-10-11-13-19(17)29(23)6/h10-15,20-21,24H,16H2,1-9H3. The van der Waals surface area contributed by atoms with Gasteiger partial charge in [0.25, 0.3) is 0 Å². The molecule has 1 aliphatic rings. The fourth-order valence-electron chi connectivity index (χ4n) is 4.67. The van der Waals surface area contributed by atoms with Gasteiger partial charge in [0.05, 0.1) is 24.4 Å². The fraction of sp³-hybridized carbons (Fsp3) is 0.556. The highest BCUT2D eigenvalue weighted by atomic mass is 28.4. The topological polar surface area (TPSA) is 71.8 Å². The third-order valence-corrected chi connectivity index (χ3v) is 11.9. The lowest BCUT2D eigenvalue weighted by molar-refractivity contribution is -0.168. The molecule has 0 saturated carbocycles. The number of hydrogen-bond donors (Lipinski definition) is 0. The van der Waals surface area contributed by atoms with Crippen molar-refractivity contribution in [1.29, 1.82) is 0 Å². The van der Waals surface area contributed by atoms with E-state index in [9.17, 15) is 4.79 Å². The predicted octanol–water partition coefficient (Wildman–Crippen LogP) is 5.87. The van der Waals surface area contributed by atoms with Crippen molar-refractivity contribution in [2.45, 2.75) is 83.3 Å². The van der Waals surface area contributed by atoms with Gasteiger partial charge in [-0.1, -0.05) is 39.0 Å². The van der Waals surface area contributed by atoms with Gasteiger partial charge in [-0.25, -0.2) is 4.79 Å². The molecule has 0 radical (unpaired) electrons. The van der Waals surface area contributed by atoms with Crippen LogP contribution in [0.15, 0.2) is 36.5 Å². The van der Waals surface area contributed by atoms with Gasteiger partial charge in [0, 0.05) is 36.0 Å². The van der Waals surface area contributed by atoms with Crippen molar-refractivity contribution in [3.63, 3.8) is 0 Å². The van der Waals surface area contributed by atoms with Gasteiger partial charge in [-0.05, 0) is 44.1 Å². The molecule has 1 aliphatic heterocycles. The van der Waals surface area contributed by atoms with Crippen molar-refractivity contribution >= 4 is 36.1 Å². The largest absolute Gasteiger partial charge is 0.467 e. The molecule has 1 aromatic carbocycles. The van der Waals surface area contributed by atoms with Crippen LogP contribution >= 0.6 is 0 Å². The molecule has 3 aromatic rings. The summed E-state index contributed by atoms with van der Waals surface area (Å²) in [6.45, 7) is 14.7. The second kappa shape index (κ2) is 8.99. The van der Waals surface area contributed by atoms with Crippen LogP contribution in [0.2, 0.25) is 18.1 Å². The van der Waals surface area contributed by atoms with Gasteiger partial charge in [-0.2, -0.15) is 0 Å². The number of para-hydroxylation sites is 1. The van der Waals surface area contributed by atoms with Crippen LogP contribution in [0.1, 0.15) is 52.8 Å². The molecule has 0 amide bonds. The molecule has 4 rings (SSSR count). The van der Waals surface area contributed by atoms with Gasteiger partial charge in [0.15, 0.2) is 20.2 Å². The Balaban J connectivity index is 1.85. The number of aryl methyl sites for hydroxylation is 1. The number of carbonyl (C=O) groups is 1. The molecule has 7 nitrogen and oxygen atoms in total. The first-order valence-electron chi connectivity index (χ1n) is 12.2. The molecule has 0 bridgehead atoms. The second-order valence-electron chi connectivity index (χ2n) is 11.4. The van der Waals surface area contributed by atoms with Gasteiger partial charge in [-0.15, -0.1) is 0 Å². The van der Waals surface area contributed by atoms with Gasteiger partial charge in [-0.3, -0.25) is 4.98 Å². The van der Waals surface area contributed by atoms with E-state index in [1.54, 1.807) is 0 Å². The van der Waals surface area contributed by atoms with Crippen LogP contribution in [0.4, 0.5) is 0 Å². The molecule has 8 heteroatoms. The number of ether oxygens (including phenoxy) is 3. The number of carbonyl (C=O) groups excluding carboxylic acids is 1. The average molecular weight is 499 g/mol. The zero-order valence-corrected chi connectivity index (χ0v) is 23.3. The molecule has 3 heterocycles. The number of pyridine rings is 1. The molecule has 1 fully saturated rings. The lowest BCUT2D eigenvalue weighted by Gasteiger charge is -2.40. The van der Waals surface area contributed by atoms with Crippen molar-refractivity contribution in [2.75, 3.05) is 7.11 Å². The van der Waals surface area contributed by atoms with E-state index in [2.05, 4.69) is 69.7 Å². The Morgan fingerprint density at radius 2 is 1.86 bits per heavy atom. The number of fused-ring (bicyclic) bond motifs is 3. The second-order valence-corrected chi connectivity index (χ2v) is 16.1. The molecule has 0 aliphatic carbocycles. The van der Waals surface area contributed by atoms with Crippen LogP contribution in [-0.2, 0) is 30.5 Å². The normalized spacial score (nSPS) is 21.5. The molecule has 3 atom stereocenters. The van der Waals surface area contributed by atoms with Gasteiger partial charge in [0.1, 0.15) is 6.10 Å². The van der Waals surface area contributed by atoms with Crippen LogP contribution in [0.3, 0.4) is 0 Å². The lowest BCUT2D eigenvalue weighted by Crippen LogP contribution is -2.43. The van der Waals surface area contributed by atoms with E-state index in [0.717, 1.165) is 22.1 Å². The summed E-state index contributed by atoms with van der Waals surface area (Å²) < 4.78 is 26.4. The maximum Gasteiger partial charge on any atom is 0.337 e. The van der Waals surface area contributed by atoms with E-state index < -0.39 is 38.4 Å². The SMILES string of the molecule is COC(=O)C1OC(C)(C)OC1CC(O[Si](C)(C)C(C)(C)C)c1nccc2c3ccccc3n(C)c12. The number of nitrogens with zero attached hydrogens (tertiary/aromatic N) is 2. The summed E-state index contributed by atoms with van der Waals surface area (Å²) >= 11 is 0. The molecule has 1 saturated heterocycles. The highest BCUT2D eigenvalue weighted by Gasteiger charge is 2.48. The zero-order valence-electron chi connectivity index (χ0n) is 22.3. The summed E-state index contributed by atoms with van der Waals surface area (Å²) in [5, 5.41) is 2.30. The van der Waals surface area contributed by atoms with E-state index in [0.29, 0.717) is 6.42 Å². The van der Waals surface area contributed by atoms with Crippen molar-refractivity contribution in [3.05, 3.63) is 42.2 Å². The Labute approximate surface area is 208 Å². The Hall–Kier alpha value is -2.26. The Morgan fingerprint density at radius 1 is 1.17 bits per heavy atom. The summed E-state index contributed by atoms with van der Waals surface area (Å²) in [4.78, 5) is 17.4. The molecule has 2 aromatic heterocycles. The zero-order chi connectivity index (χ0) is 25.8. The molecular formula is C27H38N2O5Si. The first-order valence-corrected chi connectivity index (χ1v) is 15.1. The summed E-state index contributed by atoms with van der Waals surface area (Å²) in [5.41, 5.74) is 3.02. The predicted molar refractivity (Wildman–Crippen MR) is 140 cm³/mol. The molecule has 35 heavy (non-hydrogen) atoms. The minimum atomic E-state index is -2.22. The minimum absolute atomic E-state index is 0.00781. The first-order chi connectivity index (χ1) is 16.3. The minimum Gasteiger partial charge on any atom is -0.467 e. The Bertz CT molecular complexity index is 1240. The summed E-state index contributed by atoms with van der Waals surface area (Å²) in [6.07, 6.45) is 0.520. The molecule has 0 N–H and O–H groups in total. The highest BCUT2D eigenvalue weighted by molar-refractivity contribution is 6.74. The monoisotopic (exact) mass is 498 g/mol. The number of benzene rings is 1. The Morgan fingerprint density at radius 3 is 2.51 bits per heavy atom. The maximum absolute atomic E-state index is 12.6. The van der Waals surface area contributed by atoms with E-state index in [4.69, 9.17) is 23.6 Å². The van der Waals surface area contributed by atoms with Crippen LogP contribution in [0.25, 0.3) is 21.8 Å². The summed E-state index contributed by atoms with van der Waals surface area (Å²) in [7, 11) is 1.21. The van der Waals surface area contributed by atoms with Crippen LogP contribution in [0.5, 0.6) is 0 Å². The molecule has 0 spiro atoms. The number of aromatic nitrogens is 2. The number of hydrogen-bond acceptors (Lipinski definition) is 6. The molecule has 190 valence electrons. The fourth-order valence-corrected chi connectivity index (χ4v) is 5.95. The third-order valence-electron chi connectivity index (χ3n) is 7.46. The van der Waals surface area contributed by atoms with Gasteiger partial charge >= 0.3 is 5.97 Å². The van der Waals surface area contributed by atoms with E-state index in [1.807, 2.05) is 26.1 Å². The third kappa shape index (κ3) is 4.77. The number of esters is 1. The van der Waals surface area contributed by atoms with Gasteiger partial charge < -0.3 is 23.2 Å². The van der Waals surface area contributed by atoms with Crippen LogP contribution in [-0.4, -0.2) is 48.9 Å². The maximum atomic E-state index is 12.6. The van der Waals surface area contributed by atoms with Crippen molar-refractivity contribution in [2.24, 2.45) is 7.05 Å². The number of rotatable bonds is 6. The van der Waals surface area contributed by atoms with E-state index in [-0.39, 0.29) is 5.04 Å². The summed E-state index contributed by atoms with van der Waals surface area (Å²) in [6, 6.07) is 10.4. The van der Waals surface area contributed by atoms with Crippen molar-refractivity contribution in [1.82, 2.24) is 9.55 Å². The Kier molecular flexibility index (Phi) is 6.64. The molecular weight excluding hydrogens is 460 g/mol. The van der Waals surface area contributed by atoms with E-state index >= 15 is 0 Å².